The number of carbonyl (C=O) groups is 1. The number of sulfonamides is 1. The molecular weight excluding hydrogens is 564 g/mol. The summed E-state index contributed by atoms with van der Waals surface area (Å²) in [6.07, 6.45) is 4.29. The molecule has 1 aliphatic heterocycles. The largest absolute Gasteiger partial charge is 0.493 e. The summed E-state index contributed by atoms with van der Waals surface area (Å²) in [7, 11) is -3.82. The monoisotopic (exact) mass is 595 g/mol. The summed E-state index contributed by atoms with van der Waals surface area (Å²) < 4.78 is 45.6. The van der Waals surface area contributed by atoms with Crippen LogP contribution in [0, 0.1) is 28.5 Å². The Balaban J connectivity index is 1.45. The molecule has 0 spiro atoms. The minimum Gasteiger partial charge on any atom is -0.493 e. The molecule has 2 aromatic carbocycles. The number of benzene rings is 2. The van der Waals surface area contributed by atoms with Gasteiger partial charge in [0, 0.05) is 16.1 Å². The van der Waals surface area contributed by atoms with E-state index < -0.39 is 27.2 Å². The van der Waals surface area contributed by atoms with Crippen LogP contribution in [0.2, 0.25) is 10.0 Å². The number of amides is 1. The number of halogens is 3. The Morgan fingerprint density at radius 1 is 1.15 bits per heavy atom. The topological polar surface area (TPSA) is 99.5 Å². The number of hydrogen-bond acceptors (Lipinski definition) is 6. The van der Waals surface area contributed by atoms with Crippen molar-refractivity contribution in [2.75, 3.05) is 26.0 Å². The maximum absolute atomic E-state index is 14.8. The van der Waals surface area contributed by atoms with Gasteiger partial charge < -0.3 is 4.74 Å². The number of rotatable bonds is 9. The minimum atomic E-state index is -3.82. The van der Waals surface area contributed by atoms with Crippen LogP contribution >= 0.6 is 23.2 Å². The molecule has 1 heterocycles. The zero-order valence-electron chi connectivity index (χ0n) is 22.1. The van der Waals surface area contributed by atoms with Gasteiger partial charge in [0.1, 0.15) is 11.6 Å². The average Bonchev–Trinajstić information content (AvgIpc) is 3.67. The minimum absolute atomic E-state index is 0.158. The molecule has 1 aliphatic carbocycles. The van der Waals surface area contributed by atoms with Gasteiger partial charge in [-0.25, -0.2) is 17.5 Å². The molecule has 0 bridgehead atoms. The first-order chi connectivity index (χ1) is 18.3. The van der Waals surface area contributed by atoms with Crippen molar-refractivity contribution in [2.24, 2.45) is 11.3 Å². The number of nitrogens with one attached hydrogen (secondary N) is 1. The maximum atomic E-state index is 14.8. The predicted molar refractivity (Wildman–Crippen MR) is 149 cm³/mol. The van der Waals surface area contributed by atoms with Crippen molar-refractivity contribution in [1.29, 1.82) is 5.26 Å². The summed E-state index contributed by atoms with van der Waals surface area (Å²) in [4.78, 5) is 14.6. The lowest BCUT2D eigenvalue weighted by Crippen LogP contribution is -2.43. The number of carbonyl (C=O) groups excluding carboxylic acids is 1. The van der Waals surface area contributed by atoms with Crippen LogP contribution in [0.15, 0.2) is 30.3 Å². The highest BCUT2D eigenvalue weighted by atomic mass is 35.5. The molecule has 11 heteroatoms. The Labute approximate surface area is 239 Å². The normalized spacial score (nSPS) is 17.9. The molecule has 2 aliphatic rings. The van der Waals surface area contributed by atoms with Crippen molar-refractivity contribution in [1.82, 2.24) is 9.62 Å². The van der Waals surface area contributed by atoms with E-state index >= 15 is 0 Å². The quantitative estimate of drug-likeness (QED) is 0.377. The lowest BCUT2D eigenvalue weighted by Gasteiger charge is -2.42. The molecule has 210 valence electrons. The molecule has 0 aromatic heterocycles. The molecule has 1 amide bonds. The molecule has 39 heavy (non-hydrogen) atoms. The second-order valence-corrected chi connectivity index (χ2v) is 13.7. The summed E-state index contributed by atoms with van der Waals surface area (Å²) in [5.41, 5.74) is 0.633. The molecule has 1 saturated heterocycles. The highest BCUT2D eigenvalue weighted by Crippen LogP contribution is 2.46. The molecule has 1 N–H and O–H groups in total. The Bertz CT molecular complexity index is 1380. The molecule has 0 radical (unpaired) electrons. The van der Waals surface area contributed by atoms with Gasteiger partial charge in [0.25, 0.3) is 5.91 Å². The van der Waals surface area contributed by atoms with Crippen molar-refractivity contribution < 1.29 is 22.3 Å². The first-order valence-electron chi connectivity index (χ1n) is 12.9. The van der Waals surface area contributed by atoms with E-state index in [4.69, 9.17) is 27.9 Å². The van der Waals surface area contributed by atoms with Crippen molar-refractivity contribution in [3.63, 3.8) is 0 Å². The summed E-state index contributed by atoms with van der Waals surface area (Å²) in [5, 5.41) is 11.0. The maximum Gasteiger partial charge on any atom is 0.267 e. The standard InChI is InChI=1S/C28H32Cl2FN3O4S/c1-28(2,16-32)26(19-10-20(29)12-21(30)11-19)34-8-6-17(7-9-34)15-38-25-14-24(31)23(13-22(25)18-4-5-18)27(35)33-39(3,36)37/h10-14,17-18,26H,4-9,15H2,1-3H3,(H,33,35)/t26-/m0/s1. The van der Waals surface area contributed by atoms with E-state index in [1.807, 2.05) is 30.7 Å². The van der Waals surface area contributed by atoms with Gasteiger partial charge in [0.05, 0.1) is 36.0 Å². The van der Waals surface area contributed by atoms with Crippen LogP contribution in [0.3, 0.4) is 0 Å². The molecule has 2 aromatic rings. The van der Waals surface area contributed by atoms with Crippen molar-refractivity contribution in [3.05, 3.63) is 62.9 Å². The number of hydrogen-bond donors (Lipinski definition) is 1. The zero-order valence-corrected chi connectivity index (χ0v) is 24.5. The lowest BCUT2D eigenvalue weighted by molar-refractivity contribution is 0.0661. The van der Waals surface area contributed by atoms with Crippen LogP contribution in [0.1, 0.15) is 73.0 Å². The predicted octanol–water partition coefficient (Wildman–Crippen LogP) is 6.08. The van der Waals surface area contributed by atoms with Crippen LogP contribution in [0.5, 0.6) is 5.75 Å². The van der Waals surface area contributed by atoms with Crippen LogP contribution in [0.25, 0.3) is 0 Å². The molecule has 1 saturated carbocycles. The van der Waals surface area contributed by atoms with Gasteiger partial charge in [-0.05, 0) is 99.8 Å². The summed E-state index contributed by atoms with van der Waals surface area (Å²) in [6, 6.07) is 10.2. The van der Waals surface area contributed by atoms with E-state index in [-0.39, 0.29) is 23.4 Å². The second kappa shape index (κ2) is 11.6. The Morgan fingerprint density at radius 3 is 2.31 bits per heavy atom. The van der Waals surface area contributed by atoms with E-state index in [0.717, 1.165) is 56.2 Å². The number of likely N-dealkylation sites (tertiary alicyclic amines) is 1. The highest BCUT2D eigenvalue weighted by Gasteiger charge is 2.38. The van der Waals surface area contributed by atoms with Crippen LogP contribution in [-0.4, -0.2) is 45.2 Å². The Morgan fingerprint density at radius 2 is 1.77 bits per heavy atom. The van der Waals surface area contributed by atoms with Gasteiger partial charge in [-0.1, -0.05) is 23.2 Å². The molecule has 7 nitrogen and oxygen atoms in total. The fraction of sp³-hybridized carbons (Fsp3) is 0.500. The molecule has 4 rings (SSSR count). The SMILES string of the molecule is CC(C)(C#N)[C@H](c1cc(Cl)cc(Cl)c1)N1CCC(COc2cc(F)c(C(=O)NS(C)(=O)=O)cc2C2CC2)CC1. The zero-order chi connectivity index (χ0) is 28.5. The van der Waals surface area contributed by atoms with E-state index in [1.165, 1.54) is 12.1 Å². The van der Waals surface area contributed by atoms with Crippen molar-refractivity contribution in [2.45, 2.75) is 51.5 Å². The Hall–Kier alpha value is -2.38. The number of ether oxygens (including phenoxy) is 1. The number of piperidine rings is 1. The second-order valence-electron chi connectivity index (χ2n) is 11.1. The summed E-state index contributed by atoms with van der Waals surface area (Å²) in [5.74, 6) is -1.05. The Kier molecular flexibility index (Phi) is 8.82. The summed E-state index contributed by atoms with van der Waals surface area (Å²) in [6.45, 7) is 5.69. The highest BCUT2D eigenvalue weighted by molar-refractivity contribution is 7.89. The van der Waals surface area contributed by atoms with Crippen molar-refractivity contribution in [3.8, 4) is 11.8 Å². The van der Waals surface area contributed by atoms with Gasteiger partial charge in [0.15, 0.2) is 0 Å². The van der Waals surface area contributed by atoms with Gasteiger partial charge >= 0.3 is 0 Å². The van der Waals surface area contributed by atoms with Crippen molar-refractivity contribution >= 4 is 39.1 Å². The number of nitrogens with zero attached hydrogens (tertiary/aromatic N) is 2. The van der Waals surface area contributed by atoms with Gasteiger partial charge in [-0.2, -0.15) is 5.26 Å². The third-order valence-electron chi connectivity index (χ3n) is 7.30. The molecular formula is C28H32Cl2FN3O4S. The molecule has 0 unspecified atom stereocenters. The van der Waals surface area contributed by atoms with Gasteiger partial charge in [-0.15, -0.1) is 0 Å². The van der Waals surface area contributed by atoms with E-state index in [0.29, 0.717) is 22.4 Å². The average molecular weight is 597 g/mol. The number of nitriles is 1. The van der Waals surface area contributed by atoms with Gasteiger partial charge in [0.2, 0.25) is 10.0 Å². The van der Waals surface area contributed by atoms with E-state index in [2.05, 4.69) is 11.0 Å². The lowest BCUT2D eigenvalue weighted by atomic mass is 9.79. The summed E-state index contributed by atoms with van der Waals surface area (Å²) >= 11 is 12.6. The first-order valence-corrected chi connectivity index (χ1v) is 15.5. The van der Waals surface area contributed by atoms with E-state index in [9.17, 15) is 22.9 Å². The smallest absolute Gasteiger partial charge is 0.267 e. The third-order valence-corrected chi connectivity index (χ3v) is 8.29. The molecule has 2 fully saturated rings. The van der Waals surface area contributed by atoms with Crippen LogP contribution in [-0.2, 0) is 10.0 Å². The van der Waals surface area contributed by atoms with Crippen LogP contribution < -0.4 is 9.46 Å². The van der Waals surface area contributed by atoms with Gasteiger partial charge in [-0.3, -0.25) is 9.69 Å². The van der Waals surface area contributed by atoms with Crippen LogP contribution in [0.4, 0.5) is 4.39 Å². The fourth-order valence-corrected chi connectivity index (χ4v) is 6.26. The molecule has 1 atom stereocenters. The third kappa shape index (κ3) is 7.43. The van der Waals surface area contributed by atoms with E-state index in [1.54, 1.807) is 6.07 Å². The first kappa shape index (κ1) is 29.6. The fourth-order valence-electron chi connectivity index (χ4n) is 5.27.